The van der Waals surface area contributed by atoms with Gasteiger partial charge in [0.1, 0.15) is 0 Å². The molecule has 5 nitrogen and oxygen atoms in total. The molecule has 0 saturated heterocycles. The number of carbonyl (C=O) groups excluding carboxylic acids is 1. The van der Waals surface area contributed by atoms with Gasteiger partial charge in [-0.2, -0.15) is 0 Å². The lowest BCUT2D eigenvalue weighted by molar-refractivity contribution is -0.122. The van der Waals surface area contributed by atoms with E-state index in [0.717, 1.165) is 25.3 Å². The van der Waals surface area contributed by atoms with Crippen LogP contribution in [0.15, 0.2) is 34.2 Å². The first kappa shape index (κ1) is 21.1. The summed E-state index contributed by atoms with van der Waals surface area (Å²) in [6.45, 7) is 4.79. The Morgan fingerprint density at radius 3 is 2.42 bits per heavy atom. The van der Waals surface area contributed by atoms with E-state index < -0.39 is 0 Å². The van der Waals surface area contributed by atoms with Crippen LogP contribution in [-0.2, 0) is 11.3 Å². The summed E-state index contributed by atoms with van der Waals surface area (Å²) < 4.78 is 0. The second-order valence-electron chi connectivity index (χ2n) is 5.54. The maximum atomic E-state index is 11.6. The number of carbonyl (C=O) groups is 1. The molecule has 1 aromatic rings. The van der Waals surface area contributed by atoms with Crippen LogP contribution in [0.4, 0.5) is 0 Å². The summed E-state index contributed by atoms with van der Waals surface area (Å²) in [5, 5.41) is 9.41. The molecule has 0 aromatic heterocycles. The smallest absolute Gasteiger partial charge is 0.223 e. The number of thioether (sulfide) groups is 1. The first-order chi connectivity index (χ1) is 11.2. The van der Waals surface area contributed by atoms with Crippen LogP contribution in [0, 0.1) is 5.92 Å². The predicted molar refractivity (Wildman–Crippen MR) is 112 cm³/mol. The maximum absolute atomic E-state index is 11.6. The van der Waals surface area contributed by atoms with Crippen molar-refractivity contribution in [2.24, 2.45) is 10.9 Å². The topological polar surface area (TPSA) is 65.5 Å². The van der Waals surface area contributed by atoms with Crippen molar-refractivity contribution < 1.29 is 4.79 Å². The van der Waals surface area contributed by atoms with Crippen LogP contribution in [0.25, 0.3) is 0 Å². The van der Waals surface area contributed by atoms with E-state index in [4.69, 9.17) is 0 Å². The first-order valence-electron chi connectivity index (χ1n) is 8.15. The predicted octanol–water partition coefficient (Wildman–Crippen LogP) is 2.61. The number of benzene rings is 1. The maximum Gasteiger partial charge on any atom is 0.223 e. The summed E-state index contributed by atoms with van der Waals surface area (Å²) in [4.78, 5) is 17.4. The molecule has 1 amide bonds. The highest BCUT2D eigenvalue weighted by Crippen LogP contribution is 2.28. The Morgan fingerprint density at radius 1 is 1.17 bits per heavy atom. The summed E-state index contributed by atoms with van der Waals surface area (Å²) in [5.74, 6) is 1.23. The molecule has 0 unspecified atom stereocenters. The molecule has 1 fully saturated rings. The van der Waals surface area contributed by atoms with Gasteiger partial charge in [-0.15, -0.1) is 35.7 Å². The Kier molecular flexibility index (Phi) is 10.2. The van der Waals surface area contributed by atoms with Gasteiger partial charge >= 0.3 is 0 Å². The second kappa shape index (κ2) is 11.6. The standard InChI is InChI=1S/C17H26N4OS.HI/c1-3-18-17(20-11-10-19-16(22)14-6-7-14)21-12-13-4-8-15(23-2)9-5-13;/h4-5,8-9,14H,3,6-7,10-12H2,1-2H3,(H,19,22)(H2,18,20,21);1H. The second-order valence-corrected chi connectivity index (χ2v) is 6.41. The zero-order valence-electron chi connectivity index (χ0n) is 14.3. The molecule has 0 atom stereocenters. The van der Waals surface area contributed by atoms with E-state index in [2.05, 4.69) is 51.5 Å². The van der Waals surface area contributed by atoms with Crippen molar-refractivity contribution in [3.63, 3.8) is 0 Å². The van der Waals surface area contributed by atoms with Gasteiger partial charge in [0, 0.05) is 30.4 Å². The fourth-order valence-corrected chi connectivity index (χ4v) is 2.51. The van der Waals surface area contributed by atoms with Gasteiger partial charge in [0.25, 0.3) is 0 Å². The van der Waals surface area contributed by atoms with Crippen LogP contribution in [-0.4, -0.2) is 37.8 Å². The molecule has 0 radical (unpaired) electrons. The van der Waals surface area contributed by atoms with E-state index in [9.17, 15) is 4.79 Å². The van der Waals surface area contributed by atoms with Crippen LogP contribution < -0.4 is 16.0 Å². The Balaban J connectivity index is 0.00000288. The largest absolute Gasteiger partial charge is 0.357 e. The third-order valence-corrected chi connectivity index (χ3v) is 4.33. The van der Waals surface area contributed by atoms with Crippen LogP contribution in [0.1, 0.15) is 25.3 Å². The van der Waals surface area contributed by atoms with Gasteiger partial charge in [-0.1, -0.05) is 12.1 Å². The SMILES string of the molecule is CCNC(=NCc1ccc(SC)cc1)NCCNC(=O)C1CC1.I. The quantitative estimate of drug-likeness (QED) is 0.183. The van der Waals surface area contributed by atoms with Gasteiger partial charge in [0.15, 0.2) is 5.96 Å². The van der Waals surface area contributed by atoms with Crippen LogP contribution >= 0.6 is 35.7 Å². The van der Waals surface area contributed by atoms with Gasteiger partial charge < -0.3 is 16.0 Å². The highest BCUT2D eigenvalue weighted by Gasteiger charge is 2.28. The fraction of sp³-hybridized carbons (Fsp3) is 0.529. The Labute approximate surface area is 165 Å². The lowest BCUT2D eigenvalue weighted by Crippen LogP contribution is -2.41. The number of hydrogen-bond donors (Lipinski definition) is 3. The Morgan fingerprint density at radius 2 is 1.83 bits per heavy atom. The third kappa shape index (κ3) is 7.74. The van der Waals surface area contributed by atoms with Crippen LogP contribution in [0.3, 0.4) is 0 Å². The molecule has 1 aliphatic rings. The zero-order chi connectivity index (χ0) is 16.5. The summed E-state index contributed by atoms with van der Waals surface area (Å²) in [6, 6.07) is 8.44. The molecule has 0 bridgehead atoms. The molecule has 1 saturated carbocycles. The van der Waals surface area contributed by atoms with Crippen molar-refractivity contribution in [1.29, 1.82) is 0 Å². The van der Waals surface area contributed by atoms with E-state index in [0.29, 0.717) is 19.6 Å². The van der Waals surface area contributed by atoms with Crippen molar-refractivity contribution in [3.05, 3.63) is 29.8 Å². The van der Waals surface area contributed by atoms with E-state index in [1.807, 2.05) is 6.92 Å². The number of amides is 1. The molecule has 0 aliphatic heterocycles. The number of nitrogens with one attached hydrogen (secondary N) is 3. The molecule has 3 N–H and O–H groups in total. The lowest BCUT2D eigenvalue weighted by atomic mass is 10.2. The highest BCUT2D eigenvalue weighted by molar-refractivity contribution is 14.0. The molecule has 134 valence electrons. The molecule has 1 aliphatic carbocycles. The number of rotatable bonds is 8. The number of halogens is 1. The van der Waals surface area contributed by atoms with Gasteiger partial charge in [0.05, 0.1) is 6.54 Å². The van der Waals surface area contributed by atoms with E-state index in [1.165, 1.54) is 10.5 Å². The van der Waals surface area contributed by atoms with Gasteiger partial charge in [0.2, 0.25) is 5.91 Å². The molecule has 24 heavy (non-hydrogen) atoms. The van der Waals surface area contributed by atoms with Crippen molar-refractivity contribution in [1.82, 2.24) is 16.0 Å². The van der Waals surface area contributed by atoms with Crippen molar-refractivity contribution >= 4 is 47.6 Å². The lowest BCUT2D eigenvalue weighted by Gasteiger charge is -2.12. The molecular formula is C17H27IN4OS. The molecule has 1 aromatic carbocycles. The average Bonchev–Trinajstić information content (AvgIpc) is 3.41. The molecule has 0 spiro atoms. The monoisotopic (exact) mass is 462 g/mol. The van der Waals surface area contributed by atoms with Crippen molar-refractivity contribution in [3.8, 4) is 0 Å². The minimum atomic E-state index is 0. The van der Waals surface area contributed by atoms with E-state index in [-0.39, 0.29) is 35.8 Å². The molecule has 0 heterocycles. The summed E-state index contributed by atoms with van der Waals surface area (Å²) in [6.07, 6.45) is 4.15. The molecule has 2 rings (SSSR count). The highest BCUT2D eigenvalue weighted by atomic mass is 127. The molecular weight excluding hydrogens is 435 g/mol. The van der Waals surface area contributed by atoms with E-state index >= 15 is 0 Å². The molecule has 7 heteroatoms. The number of aliphatic imine (C=N–C) groups is 1. The van der Waals surface area contributed by atoms with E-state index in [1.54, 1.807) is 11.8 Å². The summed E-state index contributed by atoms with van der Waals surface area (Å²) >= 11 is 1.74. The zero-order valence-corrected chi connectivity index (χ0v) is 17.4. The minimum Gasteiger partial charge on any atom is -0.357 e. The van der Waals surface area contributed by atoms with Gasteiger partial charge in [-0.05, 0) is 43.7 Å². The Bertz CT molecular complexity index is 532. The van der Waals surface area contributed by atoms with Gasteiger partial charge in [-0.3, -0.25) is 4.79 Å². The third-order valence-electron chi connectivity index (χ3n) is 3.59. The number of guanidine groups is 1. The first-order valence-corrected chi connectivity index (χ1v) is 9.38. The fourth-order valence-electron chi connectivity index (χ4n) is 2.10. The summed E-state index contributed by atoms with van der Waals surface area (Å²) in [7, 11) is 0. The normalized spacial score (nSPS) is 13.8. The number of nitrogens with zero attached hydrogens (tertiary/aromatic N) is 1. The van der Waals surface area contributed by atoms with Gasteiger partial charge in [-0.25, -0.2) is 4.99 Å². The van der Waals surface area contributed by atoms with Crippen LogP contribution in [0.5, 0.6) is 0 Å². The minimum absolute atomic E-state index is 0. The van der Waals surface area contributed by atoms with Crippen molar-refractivity contribution in [2.45, 2.75) is 31.2 Å². The number of hydrogen-bond acceptors (Lipinski definition) is 3. The summed E-state index contributed by atoms with van der Waals surface area (Å²) in [5.41, 5.74) is 1.18. The average molecular weight is 462 g/mol. The van der Waals surface area contributed by atoms with Crippen LogP contribution in [0.2, 0.25) is 0 Å². The Hall–Kier alpha value is -0.960. The van der Waals surface area contributed by atoms with Crippen molar-refractivity contribution in [2.75, 3.05) is 25.9 Å².